The topological polar surface area (TPSA) is 17.0 Å². The Bertz CT molecular complexity index is 632. The quantitative estimate of drug-likeness (QED) is 0.810. The molecule has 2 heterocycles. The molecule has 0 bridgehead atoms. The molecule has 0 atom stereocenters. The van der Waals surface area contributed by atoms with Crippen LogP contribution in [0.15, 0.2) is 24.3 Å². The minimum Gasteiger partial charge on any atom is -0.347 e. The standard InChI is InChI=1S/C16H20N2/c1-11-4-5-15-14(10-11)16(12(2)18(15)3)13-6-8-17-9-7-13/h4-6,10,17H,7-9H2,1-3H3. The Hall–Kier alpha value is -1.54. The molecule has 1 N–H and O–H groups in total. The van der Waals surface area contributed by atoms with E-state index in [1.165, 1.54) is 33.3 Å². The summed E-state index contributed by atoms with van der Waals surface area (Å²) in [7, 11) is 2.16. The third-order valence-corrected chi connectivity index (χ3v) is 4.03. The lowest BCUT2D eigenvalue weighted by molar-refractivity contribution is 0.738. The summed E-state index contributed by atoms with van der Waals surface area (Å²) in [4.78, 5) is 0. The van der Waals surface area contributed by atoms with Gasteiger partial charge in [-0.2, -0.15) is 0 Å². The predicted molar refractivity (Wildman–Crippen MR) is 77.9 cm³/mol. The average Bonchev–Trinajstić information content (AvgIpc) is 2.63. The molecule has 94 valence electrons. The summed E-state index contributed by atoms with van der Waals surface area (Å²) >= 11 is 0. The second-order valence-electron chi connectivity index (χ2n) is 5.22. The van der Waals surface area contributed by atoms with E-state index >= 15 is 0 Å². The van der Waals surface area contributed by atoms with E-state index < -0.39 is 0 Å². The number of aryl methyl sites for hydroxylation is 2. The van der Waals surface area contributed by atoms with Crippen molar-refractivity contribution in [2.24, 2.45) is 7.05 Å². The van der Waals surface area contributed by atoms with Crippen molar-refractivity contribution < 1.29 is 0 Å². The molecule has 0 saturated heterocycles. The number of hydrogen-bond donors (Lipinski definition) is 1. The van der Waals surface area contributed by atoms with Crippen LogP contribution in [-0.2, 0) is 7.05 Å². The summed E-state index contributed by atoms with van der Waals surface area (Å²) in [5.41, 5.74) is 7.01. The van der Waals surface area contributed by atoms with Crippen molar-refractivity contribution in [3.05, 3.63) is 41.1 Å². The number of nitrogens with one attached hydrogen (secondary N) is 1. The molecule has 2 aromatic rings. The van der Waals surface area contributed by atoms with E-state index in [9.17, 15) is 0 Å². The molecule has 0 unspecified atom stereocenters. The first-order chi connectivity index (χ1) is 8.68. The molecule has 2 heteroatoms. The van der Waals surface area contributed by atoms with Gasteiger partial charge in [0.05, 0.1) is 0 Å². The molecular formula is C16H20N2. The first-order valence-electron chi connectivity index (χ1n) is 6.64. The van der Waals surface area contributed by atoms with Gasteiger partial charge >= 0.3 is 0 Å². The number of rotatable bonds is 1. The van der Waals surface area contributed by atoms with E-state index in [4.69, 9.17) is 0 Å². The van der Waals surface area contributed by atoms with E-state index in [0.717, 1.165) is 19.5 Å². The van der Waals surface area contributed by atoms with Gasteiger partial charge in [0.15, 0.2) is 0 Å². The van der Waals surface area contributed by atoms with E-state index in [1.54, 1.807) is 0 Å². The highest BCUT2D eigenvalue weighted by atomic mass is 14.9. The number of nitrogens with zero attached hydrogens (tertiary/aromatic N) is 1. The summed E-state index contributed by atoms with van der Waals surface area (Å²) in [5, 5.41) is 4.79. The fraction of sp³-hybridized carbons (Fsp3) is 0.375. The van der Waals surface area contributed by atoms with Gasteiger partial charge in [-0.05, 0) is 44.5 Å². The van der Waals surface area contributed by atoms with Crippen molar-refractivity contribution in [1.82, 2.24) is 9.88 Å². The number of fused-ring (bicyclic) bond motifs is 1. The molecule has 2 nitrogen and oxygen atoms in total. The maximum atomic E-state index is 3.39. The van der Waals surface area contributed by atoms with Crippen molar-refractivity contribution in [2.45, 2.75) is 20.3 Å². The van der Waals surface area contributed by atoms with Crippen LogP contribution in [-0.4, -0.2) is 17.7 Å². The molecule has 1 aromatic heterocycles. The van der Waals surface area contributed by atoms with Crippen molar-refractivity contribution in [3.63, 3.8) is 0 Å². The smallest absolute Gasteiger partial charge is 0.0486 e. The second-order valence-corrected chi connectivity index (χ2v) is 5.22. The highest BCUT2D eigenvalue weighted by molar-refractivity contribution is 5.95. The molecule has 0 radical (unpaired) electrons. The molecule has 0 amide bonds. The van der Waals surface area contributed by atoms with Crippen LogP contribution in [0, 0.1) is 13.8 Å². The number of aromatic nitrogens is 1. The van der Waals surface area contributed by atoms with Gasteiger partial charge in [0.25, 0.3) is 0 Å². The Morgan fingerprint density at radius 1 is 1.22 bits per heavy atom. The zero-order valence-corrected chi connectivity index (χ0v) is 11.4. The maximum Gasteiger partial charge on any atom is 0.0486 e. The highest BCUT2D eigenvalue weighted by Gasteiger charge is 2.16. The highest BCUT2D eigenvalue weighted by Crippen LogP contribution is 2.33. The van der Waals surface area contributed by atoms with E-state index in [1.807, 2.05) is 0 Å². The number of hydrogen-bond acceptors (Lipinski definition) is 1. The normalized spacial score (nSPS) is 16.1. The summed E-state index contributed by atoms with van der Waals surface area (Å²) < 4.78 is 2.31. The minimum atomic E-state index is 0.997. The minimum absolute atomic E-state index is 0.997. The van der Waals surface area contributed by atoms with E-state index in [-0.39, 0.29) is 0 Å². The molecule has 0 fully saturated rings. The van der Waals surface area contributed by atoms with Crippen LogP contribution in [0.25, 0.3) is 16.5 Å². The number of benzene rings is 1. The lowest BCUT2D eigenvalue weighted by atomic mass is 9.97. The summed E-state index contributed by atoms with van der Waals surface area (Å²) in [6, 6.07) is 6.76. The third-order valence-electron chi connectivity index (χ3n) is 4.03. The van der Waals surface area contributed by atoms with Gasteiger partial charge in [-0.15, -0.1) is 0 Å². The van der Waals surface area contributed by atoms with Crippen molar-refractivity contribution in [3.8, 4) is 0 Å². The molecule has 0 spiro atoms. The zero-order chi connectivity index (χ0) is 12.7. The first-order valence-corrected chi connectivity index (χ1v) is 6.64. The van der Waals surface area contributed by atoms with Crippen molar-refractivity contribution in [1.29, 1.82) is 0 Å². The van der Waals surface area contributed by atoms with Crippen LogP contribution in [0.1, 0.15) is 23.2 Å². The van der Waals surface area contributed by atoms with Crippen LogP contribution in [0.4, 0.5) is 0 Å². The SMILES string of the molecule is Cc1ccc2c(c1)c(C1=CCNCC1)c(C)n2C. The largest absolute Gasteiger partial charge is 0.347 e. The third kappa shape index (κ3) is 1.68. The average molecular weight is 240 g/mol. The second kappa shape index (κ2) is 4.29. The molecule has 3 rings (SSSR count). The maximum absolute atomic E-state index is 3.39. The van der Waals surface area contributed by atoms with Crippen molar-refractivity contribution >= 4 is 16.5 Å². The van der Waals surface area contributed by atoms with E-state index in [0.29, 0.717) is 0 Å². The van der Waals surface area contributed by atoms with Crippen LogP contribution >= 0.6 is 0 Å². The van der Waals surface area contributed by atoms with Crippen LogP contribution in [0.2, 0.25) is 0 Å². The lowest BCUT2D eigenvalue weighted by Crippen LogP contribution is -2.20. The Morgan fingerprint density at radius 2 is 2.06 bits per heavy atom. The van der Waals surface area contributed by atoms with Gasteiger partial charge in [-0.3, -0.25) is 0 Å². The monoisotopic (exact) mass is 240 g/mol. The lowest BCUT2D eigenvalue weighted by Gasteiger charge is -2.14. The van der Waals surface area contributed by atoms with Gasteiger partial charge in [0.1, 0.15) is 0 Å². The Labute approximate surface area is 108 Å². The molecule has 0 aliphatic carbocycles. The molecule has 1 aliphatic heterocycles. The van der Waals surface area contributed by atoms with E-state index in [2.05, 4.69) is 55.1 Å². The zero-order valence-electron chi connectivity index (χ0n) is 11.4. The van der Waals surface area contributed by atoms with Gasteiger partial charge in [0.2, 0.25) is 0 Å². The Kier molecular flexibility index (Phi) is 2.75. The van der Waals surface area contributed by atoms with Gasteiger partial charge in [0, 0.05) is 35.8 Å². The summed E-state index contributed by atoms with van der Waals surface area (Å²) in [5.74, 6) is 0. The van der Waals surface area contributed by atoms with Crippen LogP contribution in [0.3, 0.4) is 0 Å². The van der Waals surface area contributed by atoms with Crippen LogP contribution in [0.5, 0.6) is 0 Å². The Morgan fingerprint density at radius 3 is 2.78 bits per heavy atom. The molecule has 1 aromatic carbocycles. The van der Waals surface area contributed by atoms with Gasteiger partial charge in [-0.25, -0.2) is 0 Å². The van der Waals surface area contributed by atoms with Crippen LogP contribution < -0.4 is 5.32 Å². The van der Waals surface area contributed by atoms with Gasteiger partial charge in [-0.1, -0.05) is 17.7 Å². The molecule has 18 heavy (non-hydrogen) atoms. The summed E-state index contributed by atoms with van der Waals surface area (Å²) in [6.07, 6.45) is 3.47. The Balaban J connectivity index is 2.30. The van der Waals surface area contributed by atoms with Crippen molar-refractivity contribution in [2.75, 3.05) is 13.1 Å². The molecule has 1 aliphatic rings. The molecule has 0 saturated carbocycles. The van der Waals surface area contributed by atoms with Gasteiger partial charge < -0.3 is 9.88 Å². The summed E-state index contributed by atoms with van der Waals surface area (Å²) in [6.45, 7) is 6.49. The predicted octanol–water partition coefficient (Wildman–Crippen LogP) is 3.17. The fourth-order valence-corrected chi connectivity index (χ4v) is 2.94. The first kappa shape index (κ1) is 11.5. The fourth-order valence-electron chi connectivity index (χ4n) is 2.94. The molecular weight excluding hydrogens is 220 g/mol.